The predicted octanol–water partition coefficient (Wildman–Crippen LogP) is 3.39. The number of rotatable bonds is 4. The number of hydrogen-bond acceptors (Lipinski definition) is 2. The number of pyridine rings is 1. The molecule has 0 aliphatic rings. The third-order valence-corrected chi connectivity index (χ3v) is 3.23. The van der Waals surface area contributed by atoms with E-state index in [9.17, 15) is 13.2 Å². The Morgan fingerprint density at radius 3 is 2.40 bits per heavy atom. The summed E-state index contributed by atoms with van der Waals surface area (Å²) >= 11 is 0. The van der Waals surface area contributed by atoms with Crippen molar-refractivity contribution in [3.8, 4) is 0 Å². The summed E-state index contributed by atoms with van der Waals surface area (Å²) in [5.74, 6) is -0.151. The molecule has 0 radical (unpaired) electrons. The molecule has 0 fully saturated rings. The summed E-state index contributed by atoms with van der Waals surface area (Å²) in [7, 11) is 0. The van der Waals surface area contributed by atoms with E-state index in [1.54, 1.807) is 0 Å². The number of benzene rings is 1. The van der Waals surface area contributed by atoms with Crippen LogP contribution in [0.15, 0.2) is 48.8 Å². The first-order valence-corrected chi connectivity index (χ1v) is 6.27. The Hall–Kier alpha value is -1.88. The topological polar surface area (TPSA) is 38.9 Å². The van der Waals surface area contributed by atoms with Gasteiger partial charge in [-0.15, -0.1) is 0 Å². The van der Waals surface area contributed by atoms with Gasteiger partial charge in [0.05, 0.1) is 5.56 Å². The van der Waals surface area contributed by atoms with Crippen LogP contribution in [-0.2, 0) is 12.6 Å². The predicted molar refractivity (Wildman–Crippen MR) is 71.2 cm³/mol. The highest BCUT2D eigenvalue weighted by Crippen LogP contribution is 2.33. The lowest BCUT2D eigenvalue weighted by molar-refractivity contribution is -0.138. The fraction of sp³-hybridized carbons (Fsp3) is 0.267. The monoisotopic (exact) mass is 280 g/mol. The summed E-state index contributed by atoms with van der Waals surface area (Å²) in [5, 5.41) is 0. The molecule has 0 saturated heterocycles. The van der Waals surface area contributed by atoms with Gasteiger partial charge in [0.2, 0.25) is 0 Å². The summed E-state index contributed by atoms with van der Waals surface area (Å²) in [5.41, 5.74) is 6.19. The minimum Gasteiger partial charge on any atom is -0.330 e. The van der Waals surface area contributed by atoms with Crippen LogP contribution < -0.4 is 5.73 Å². The van der Waals surface area contributed by atoms with Crippen molar-refractivity contribution in [2.45, 2.75) is 18.5 Å². The Morgan fingerprint density at radius 1 is 1.10 bits per heavy atom. The maximum Gasteiger partial charge on any atom is 0.416 e. The standard InChI is InChI=1S/C15H15F3N2/c16-15(17,18)14-6-7-20-10-13(14)8-12(9-19)11-4-2-1-3-5-11/h1-7,10,12H,8-9,19H2. The molecule has 1 aromatic heterocycles. The van der Waals surface area contributed by atoms with E-state index in [0.717, 1.165) is 17.8 Å². The van der Waals surface area contributed by atoms with Crippen LogP contribution >= 0.6 is 0 Å². The summed E-state index contributed by atoms with van der Waals surface area (Å²) in [6.07, 6.45) is -1.71. The van der Waals surface area contributed by atoms with Gasteiger partial charge < -0.3 is 5.73 Å². The molecule has 5 heteroatoms. The summed E-state index contributed by atoms with van der Waals surface area (Å²) in [6.45, 7) is 0.288. The van der Waals surface area contributed by atoms with E-state index in [2.05, 4.69) is 4.98 Å². The highest BCUT2D eigenvalue weighted by Gasteiger charge is 2.33. The van der Waals surface area contributed by atoms with Gasteiger partial charge in [-0.3, -0.25) is 4.98 Å². The van der Waals surface area contributed by atoms with E-state index in [1.165, 1.54) is 6.20 Å². The number of nitrogens with two attached hydrogens (primary N) is 1. The van der Waals surface area contributed by atoms with E-state index in [0.29, 0.717) is 0 Å². The first-order valence-electron chi connectivity index (χ1n) is 6.27. The maximum atomic E-state index is 12.9. The first-order chi connectivity index (χ1) is 9.52. The largest absolute Gasteiger partial charge is 0.416 e. The zero-order valence-electron chi connectivity index (χ0n) is 10.8. The highest BCUT2D eigenvalue weighted by atomic mass is 19.4. The van der Waals surface area contributed by atoms with Gasteiger partial charge in [-0.25, -0.2) is 0 Å². The van der Waals surface area contributed by atoms with Crippen LogP contribution in [0.5, 0.6) is 0 Å². The van der Waals surface area contributed by atoms with E-state index >= 15 is 0 Å². The zero-order chi connectivity index (χ0) is 14.6. The molecule has 1 aromatic carbocycles. The van der Waals surface area contributed by atoms with Crippen molar-refractivity contribution in [3.63, 3.8) is 0 Å². The fourth-order valence-corrected chi connectivity index (χ4v) is 2.19. The molecule has 0 spiro atoms. The molecule has 0 amide bonds. The van der Waals surface area contributed by atoms with Crippen LogP contribution in [0.1, 0.15) is 22.6 Å². The van der Waals surface area contributed by atoms with Crippen molar-refractivity contribution < 1.29 is 13.2 Å². The van der Waals surface area contributed by atoms with E-state index in [-0.39, 0.29) is 24.4 Å². The lowest BCUT2D eigenvalue weighted by Crippen LogP contribution is -2.18. The fourth-order valence-electron chi connectivity index (χ4n) is 2.19. The Bertz CT molecular complexity index is 553. The highest BCUT2D eigenvalue weighted by molar-refractivity contribution is 5.30. The summed E-state index contributed by atoms with van der Waals surface area (Å²) < 4.78 is 38.8. The Balaban J connectivity index is 2.29. The van der Waals surface area contributed by atoms with E-state index < -0.39 is 11.7 Å². The van der Waals surface area contributed by atoms with Crippen molar-refractivity contribution in [1.82, 2.24) is 4.98 Å². The molecule has 0 bridgehead atoms. The van der Waals surface area contributed by atoms with Crippen LogP contribution in [0.4, 0.5) is 13.2 Å². The van der Waals surface area contributed by atoms with Gasteiger partial charge in [0.15, 0.2) is 0 Å². The summed E-state index contributed by atoms with van der Waals surface area (Å²) in [6, 6.07) is 10.3. The molecule has 2 rings (SSSR count). The molecule has 106 valence electrons. The van der Waals surface area contributed by atoms with Crippen molar-refractivity contribution >= 4 is 0 Å². The van der Waals surface area contributed by atoms with Crippen LogP contribution in [0.3, 0.4) is 0 Å². The van der Waals surface area contributed by atoms with E-state index in [1.807, 2.05) is 30.3 Å². The third-order valence-electron chi connectivity index (χ3n) is 3.23. The molecule has 1 unspecified atom stereocenters. The molecule has 20 heavy (non-hydrogen) atoms. The van der Waals surface area contributed by atoms with Crippen LogP contribution in [0, 0.1) is 0 Å². The average molecular weight is 280 g/mol. The Morgan fingerprint density at radius 2 is 1.80 bits per heavy atom. The normalized spacial score (nSPS) is 13.2. The second-order valence-electron chi connectivity index (χ2n) is 4.58. The van der Waals surface area contributed by atoms with Crippen molar-refractivity contribution in [3.05, 3.63) is 65.5 Å². The number of alkyl halides is 3. The molecular formula is C15H15F3N2. The SMILES string of the molecule is NCC(Cc1cnccc1C(F)(F)F)c1ccccc1. The van der Waals surface area contributed by atoms with Gasteiger partial charge in [0, 0.05) is 18.3 Å². The third kappa shape index (κ3) is 3.36. The molecule has 2 nitrogen and oxygen atoms in total. The molecule has 0 aliphatic heterocycles. The number of nitrogens with zero attached hydrogens (tertiary/aromatic N) is 1. The number of hydrogen-bond donors (Lipinski definition) is 1. The Kier molecular flexibility index (Phi) is 4.39. The summed E-state index contributed by atoms with van der Waals surface area (Å²) in [4.78, 5) is 3.80. The van der Waals surface area contributed by atoms with Crippen LogP contribution in [-0.4, -0.2) is 11.5 Å². The minimum atomic E-state index is -4.37. The Labute approximate surface area is 115 Å². The van der Waals surface area contributed by atoms with E-state index in [4.69, 9.17) is 5.73 Å². The zero-order valence-corrected chi connectivity index (χ0v) is 10.8. The van der Waals surface area contributed by atoms with Gasteiger partial charge in [-0.2, -0.15) is 13.2 Å². The molecule has 0 aliphatic carbocycles. The first kappa shape index (κ1) is 14.5. The molecular weight excluding hydrogens is 265 g/mol. The molecule has 2 aromatic rings. The van der Waals surface area contributed by atoms with Gasteiger partial charge in [0.1, 0.15) is 0 Å². The smallest absolute Gasteiger partial charge is 0.330 e. The van der Waals surface area contributed by atoms with Crippen molar-refractivity contribution in [1.29, 1.82) is 0 Å². The maximum absolute atomic E-state index is 12.9. The van der Waals surface area contributed by atoms with Gasteiger partial charge in [-0.1, -0.05) is 30.3 Å². The van der Waals surface area contributed by atoms with Crippen molar-refractivity contribution in [2.24, 2.45) is 5.73 Å². The van der Waals surface area contributed by atoms with Gasteiger partial charge in [-0.05, 0) is 30.2 Å². The quantitative estimate of drug-likeness (QED) is 0.932. The lowest BCUT2D eigenvalue weighted by atomic mass is 9.91. The van der Waals surface area contributed by atoms with Crippen LogP contribution in [0.2, 0.25) is 0 Å². The number of halogens is 3. The second-order valence-corrected chi connectivity index (χ2v) is 4.58. The molecule has 0 saturated carbocycles. The average Bonchev–Trinajstić information content (AvgIpc) is 2.45. The number of aromatic nitrogens is 1. The molecule has 1 heterocycles. The second kappa shape index (κ2) is 6.05. The van der Waals surface area contributed by atoms with Gasteiger partial charge in [0.25, 0.3) is 0 Å². The van der Waals surface area contributed by atoms with Gasteiger partial charge >= 0.3 is 6.18 Å². The van der Waals surface area contributed by atoms with Crippen molar-refractivity contribution in [2.75, 3.05) is 6.54 Å². The molecule has 1 atom stereocenters. The van der Waals surface area contributed by atoms with Crippen LogP contribution in [0.25, 0.3) is 0 Å². The lowest BCUT2D eigenvalue weighted by Gasteiger charge is -2.18. The molecule has 2 N–H and O–H groups in total. The minimum absolute atomic E-state index is 0.151.